The predicted octanol–water partition coefficient (Wildman–Crippen LogP) is 1.12. The number of nitrogens with one attached hydrogen (secondary N) is 3. The van der Waals surface area contributed by atoms with Gasteiger partial charge in [-0.2, -0.15) is 0 Å². The zero-order chi connectivity index (χ0) is 20.7. The zero-order valence-electron chi connectivity index (χ0n) is 15.6. The van der Waals surface area contributed by atoms with E-state index in [0.717, 1.165) is 11.6 Å². The molecule has 0 unspecified atom stereocenters. The maximum Gasteiger partial charge on any atom is 0.289 e. The van der Waals surface area contributed by atoms with Crippen LogP contribution in [-0.2, 0) is 11.3 Å². The van der Waals surface area contributed by atoms with Crippen LogP contribution in [0, 0.1) is 11.6 Å². The number of benzene rings is 1. The Hall–Kier alpha value is -3.34. The number of fused-ring (bicyclic) bond motifs is 2. The summed E-state index contributed by atoms with van der Waals surface area (Å²) >= 11 is 0. The van der Waals surface area contributed by atoms with Crippen molar-refractivity contribution in [1.29, 1.82) is 0 Å². The third-order valence-corrected chi connectivity index (χ3v) is 4.52. The molecule has 11 heteroatoms. The molecular formula is C18H18F2N6O3. The normalized spacial score (nSPS) is 17.9. The fourth-order valence-corrected chi connectivity index (χ4v) is 3.09. The molecule has 3 N–H and O–H groups in total. The summed E-state index contributed by atoms with van der Waals surface area (Å²) in [5, 5.41) is 6.60. The Kier molecular flexibility index (Phi) is 4.74. The highest BCUT2D eigenvalue weighted by molar-refractivity contribution is 6.01. The van der Waals surface area contributed by atoms with Crippen molar-refractivity contribution in [2.24, 2.45) is 0 Å². The number of halogens is 2. The first-order valence-corrected chi connectivity index (χ1v) is 8.95. The van der Waals surface area contributed by atoms with Gasteiger partial charge in [0.15, 0.2) is 11.6 Å². The van der Waals surface area contributed by atoms with E-state index < -0.39 is 29.5 Å². The molecule has 0 saturated carbocycles. The first kappa shape index (κ1) is 19.0. The van der Waals surface area contributed by atoms with Crippen LogP contribution in [0.2, 0.25) is 0 Å². The van der Waals surface area contributed by atoms with Crippen LogP contribution in [0.25, 0.3) is 0 Å². The van der Waals surface area contributed by atoms with E-state index >= 15 is 0 Å². The molecule has 0 fully saturated rings. The molecule has 1 aromatic heterocycles. The van der Waals surface area contributed by atoms with Crippen molar-refractivity contribution >= 4 is 23.3 Å². The molecule has 2 amide bonds. The van der Waals surface area contributed by atoms with Gasteiger partial charge in [-0.3, -0.25) is 14.6 Å². The molecule has 0 aliphatic carbocycles. The number of carbonyl (C=O) groups is 2. The van der Waals surface area contributed by atoms with Crippen molar-refractivity contribution in [3.63, 3.8) is 0 Å². The van der Waals surface area contributed by atoms with E-state index in [1.165, 1.54) is 0 Å². The lowest BCUT2D eigenvalue weighted by atomic mass is 10.2. The van der Waals surface area contributed by atoms with Crippen LogP contribution < -0.4 is 25.8 Å². The van der Waals surface area contributed by atoms with E-state index in [-0.39, 0.29) is 29.9 Å². The Balaban J connectivity index is 1.52. The summed E-state index contributed by atoms with van der Waals surface area (Å²) in [6, 6.07) is 0.555. The molecule has 0 spiro atoms. The quantitative estimate of drug-likeness (QED) is 0.703. The minimum Gasteiger partial charge on any atom is -0.488 e. The highest BCUT2D eigenvalue weighted by atomic mass is 19.1. The van der Waals surface area contributed by atoms with Gasteiger partial charge in [-0.25, -0.2) is 24.2 Å². The molecule has 2 aliphatic heterocycles. The van der Waals surface area contributed by atoms with E-state index in [1.54, 1.807) is 6.20 Å². The van der Waals surface area contributed by atoms with E-state index in [4.69, 9.17) is 4.74 Å². The van der Waals surface area contributed by atoms with E-state index in [1.807, 2.05) is 18.9 Å². The second kappa shape index (κ2) is 7.24. The Morgan fingerprint density at radius 2 is 2.17 bits per heavy atom. The number of hydrazine groups is 1. The lowest BCUT2D eigenvalue weighted by Gasteiger charge is -2.22. The number of rotatable bonds is 3. The van der Waals surface area contributed by atoms with Crippen molar-refractivity contribution < 1.29 is 23.1 Å². The second-order valence-electron chi connectivity index (χ2n) is 6.93. The van der Waals surface area contributed by atoms with Crippen molar-refractivity contribution in [2.75, 3.05) is 16.9 Å². The largest absolute Gasteiger partial charge is 0.488 e. The molecular weight excluding hydrogens is 386 g/mol. The molecule has 3 heterocycles. The maximum atomic E-state index is 13.9. The third-order valence-electron chi connectivity index (χ3n) is 4.52. The average Bonchev–Trinajstić information content (AvgIpc) is 3.03. The Labute approximate surface area is 164 Å². The predicted molar refractivity (Wildman–Crippen MR) is 98.2 cm³/mol. The minimum atomic E-state index is -1.14. The molecule has 0 bridgehead atoms. The molecule has 2 aromatic rings. The van der Waals surface area contributed by atoms with Crippen LogP contribution in [0.4, 0.5) is 20.3 Å². The molecule has 1 aromatic carbocycles. The number of anilines is 2. The maximum absolute atomic E-state index is 13.9. The SMILES string of the molecule is CC(C)N1NCc2cnc(C(=O)N[C@H]3COc4cc(F)cc(F)c4NC3=O)nc21. The Morgan fingerprint density at radius 1 is 1.38 bits per heavy atom. The van der Waals surface area contributed by atoms with Crippen molar-refractivity contribution in [1.82, 2.24) is 20.7 Å². The molecule has 0 saturated heterocycles. The van der Waals surface area contributed by atoms with Gasteiger partial charge in [0, 0.05) is 36.5 Å². The fourth-order valence-electron chi connectivity index (χ4n) is 3.09. The van der Waals surface area contributed by atoms with Gasteiger partial charge >= 0.3 is 0 Å². The number of aromatic nitrogens is 2. The molecule has 4 rings (SSSR count). The van der Waals surface area contributed by atoms with Gasteiger partial charge in [-0.15, -0.1) is 0 Å². The number of hydrogen-bond donors (Lipinski definition) is 3. The van der Waals surface area contributed by atoms with Crippen molar-refractivity contribution in [3.05, 3.63) is 41.4 Å². The van der Waals surface area contributed by atoms with Crippen LogP contribution in [0.1, 0.15) is 30.0 Å². The third kappa shape index (κ3) is 3.56. The number of hydrogen-bond acceptors (Lipinski definition) is 7. The van der Waals surface area contributed by atoms with Crippen LogP contribution >= 0.6 is 0 Å². The average molecular weight is 404 g/mol. The standard InChI is InChI=1S/C18H18F2N6O3/c1-8(2)26-16-9(6-22-26)5-21-15(25-16)18(28)23-12-7-29-13-4-10(19)3-11(20)14(13)24-17(12)27/h3-5,8,12,22H,6-7H2,1-2H3,(H,23,28)(H,24,27)/t12-/m0/s1. The number of amides is 2. The molecule has 29 heavy (non-hydrogen) atoms. The lowest BCUT2D eigenvalue weighted by molar-refractivity contribution is -0.118. The van der Waals surface area contributed by atoms with Crippen LogP contribution in [0.15, 0.2) is 18.3 Å². The summed E-state index contributed by atoms with van der Waals surface area (Å²) in [4.78, 5) is 33.3. The summed E-state index contributed by atoms with van der Waals surface area (Å²) in [5.74, 6) is -2.88. The number of nitrogens with zero attached hydrogens (tertiary/aromatic N) is 3. The summed E-state index contributed by atoms with van der Waals surface area (Å²) < 4.78 is 32.6. The molecule has 152 valence electrons. The Morgan fingerprint density at radius 3 is 2.93 bits per heavy atom. The summed E-state index contributed by atoms with van der Waals surface area (Å²) in [7, 11) is 0. The van der Waals surface area contributed by atoms with Gasteiger partial charge in [0.2, 0.25) is 5.82 Å². The van der Waals surface area contributed by atoms with Crippen LogP contribution in [-0.4, -0.2) is 40.5 Å². The van der Waals surface area contributed by atoms with Crippen molar-refractivity contribution in [3.8, 4) is 5.75 Å². The van der Waals surface area contributed by atoms with Crippen LogP contribution in [0.3, 0.4) is 0 Å². The van der Waals surface area contributed by atoms with Gasteiger partial charge in [0.05, 0.1) is 0 Å². The second-order valence-corrected chi connectivity index (χ2v) is 6.93. The van der Waals surface area contributed by atoms with Gasteiger partial charge < -0.3 is 15.4 Å². The van der Waals surface area contributed by atoms with Crippen LogP contribution in [0.5, 0.6) is 5.75 Å². The molecule has 9 nitrogen and oxygen atoms in total. The monoisotopic (exact) mass is 404 g/mol. The minimum absolute atomic E-state index is 0.108. The molecule has 2 aliphatic rings. The highest BCUT2D eigenvalue weighted by Crippen LogP contribution is 2.31. The van der Waals surface area contributed by atoms with Gasteiger partial charge in [0.1, 0.15) is 29.9 Å². The first-order chi connectivity index (χ1) is 13.8. The van der Waals surface area contributed by atoms with Crippen molar-refractivity contribution in [2.45, 2.75) is 32.5 Å². The van der Waals surface area contributed by atoms with E-state index in [9.17, 15) is 18.4 Å². The summed E-state index contributed by atoms with van der Waals surface area (Å²) in [6.45, 7) is 4.18. The smallest absolute Gasteiger partial charge is 0.289 e. The van der Waals surface area contributed by atoms with Gasteiger partial charge in [0.25, 0.3) is 11.8 Å². The Bertz CT molecular complexity index is 1000. The summed E-state index contributed by atoms with van der Waals surface area (Å²) in [5.41, 5.74) is 3.72. The topological polar surface area (TPSA) is 108 Å². The van der Waals surface area contributed by atoms with E-state index in [2.05, 4.69) is 26.0 Å². The first-order valence-electron chi connectivity index (χ1n) is 8.95. The van der Waals surface area contributed by atoms with E-state index in [0.29, 0.717) is 18.4 Å². The number of carbonyl (C=O) groups excluding carboxylic acids is 2. The summed E-state index contributed by atoms with van der Waals surface area (Å²) in [6.07, 6.45) is 1.55. The van der Waals surface area contributed by atoms with Gasteiger partial charge in [-0.05, 0) is 13.8 Å². The number of ether oxygens (including phenoxy) is 1. The molecule has 1 atom stereocenters. The van der Waals surface area contributed by atoms with Gasteiger partial charge in [-0.1, -0.05) is 0 Å². The fraction of sp³-hybridized carbons (Fsp3) is 0.333. The molecule has 0 radical (unpaired) electrons. The zero-order valence-corrected chi connectivity index (χ0v) is 15.6. The highest BCUT2D eigenvalue weighted by Gasteiger charge is 2.30. The lowest BCUT2D eigenvalue weighted by Crippen LogP contribution is -2.47.